The Balaban J connectivity index is 2.61. The van der Waals surface area contributed by atoms with E-state index in [4.69, 9.17) is 0 Å². The van der Waals surface area contributed by atoms with Gasteiger partial charge in [0, 0.05) is 22.9 Å². The minimum atomic E-state index is 0.901. The van der Waals surface area contributed by atoms with Crippen molar-refractivity contribution in [3.63, 3.8) is 0 Å². The second kappa shape index (κ2) is 3.80. The lowest BCUT2D eigenvalue weighted by Gasteiger charge is -2.05. The molecule has 2 aromatic rings. The van der Waals surface area contributed by atoms with E-state index in [1.165, 1.54) is 0 Å². The summed E-state index contributed by atoms with van der Waals surface area (Å²) < 4.78 is 0. The van der Waals surface area contributed by atoms with Crippen LogP contribution in [0.3, 0.4) is 0 Å². The highest BCUT2D eigenvalue weighted by Crippen LogP contribution is 2.25. The van der Waals surface area contributed by atoms with Gasteiger partial charge in [-0.15, -0.1) is 12.6 Å². The molecule has 0 aliphatic carbocycles. The minimum absolute atomic E-state index is 0.901. The molecule has 2 rings (SSSR count). The Morgan fingerprint density at radius 3 is 2.50 bits per heavy atom. The first-order chi connectivity index (χ1) is 6.79. The third kappa shape index (κ3) is 1.63. The molecule has 0 saturated carbocycles. The Bertz CT molecular complexity index is 411. The fourth-order valence-corrected chi connectivity index (χ4v) is 1.61. The van der Waals surface area contributed by atoms with Crippen LogP contribution in [-0.2, 0) is 0 Å². The number of thiol groups is 1. The first-order valence-corrected chi connectivity index (χ1v) is 4.80. The highest BCUT2D eigenvalue weighted by atomic mass is 32.1. The number of hydrogen-bond donors (Lipinski definition) is 1. The zero-order valence-electron chi connectivity index (χ0n) is 7.81. The number of nitrogens with zero attached hydrogens (tertiary/aromatic N) is 2. The Labute approximate surface area is 88.4 Å². The van der Waals surface area contributed by atoms with Crippen molar-refractivity contribution in [2.24, 2.45) is 0 Å². The molecule has 1 aromatic heterocycles. The Hall–Kier alpha value is -1.35. The number of aromatic nitrogens is 2. The molecule has 0 radical (unpaired) electrons. The maximum atomic E-state index is 4.39. The van der Waals surface area contributed by atoms with Crippen molar-refractivity contribution < 1.29 is 0 Å². The van der Waals surface area contributed by atoms with Gasteiger partial charge in [0.25, 0.3) is 0 Å². The van der Waals surface area contributed by atoms with Crippen molar-refractivity contribution >= 4 is 12.6 Å². The molecule has 2 nitrogen and oxygen atoms in total. The van der Waals surface area contributed by atoms with Gasteiger partial charge in [-0.3, -0.25) is 9.97 Å². The normalized spacial score (nSPS) is 10.1. The predicted molar refractivity (Wildman–Crippen MR) is 59.5 cm³/mol. The van der Waals surface area contributed by atoms with Crippen LogP contribution in [0.4, 0.5) is 0 Å². The zero-order chi connectivity index (χ0) is 9.97. The van der Waals surface area contributed by atoms with Crippen LogP contribution in [0, 0.1) is 6.92 Å². The summed E-state index contributed by atoms with van der Waals surface area (Å²) in [5.41, 5.74) is 2.86. The SMILES string of the molecule is Cc1nccnc1-c1ccccc1S. The molecule has 1 heterocycles. The average molecular weight is 202 g/mol. The van der Waals surface area contributed by atoms with E-state index in [2.05, 4.69) is 22.6 Å². The standard InChI is InChI=1S/C11H10N2S/c1-8-11(13-7-6-12-8)9-4-2-3-5-10(9)14/h2-7,14H,1H3. The first-order valence-electron chi connectivity index (χ1n) is 4.35. The van der Waals surface area contributed by atoms with E-state index in [1.807, 2.05) is 31.2 Å². The van der Waals surface area contributed by atoms with Gasteiger partial charge in [0.15, 0.2) is 0 Å². The number of benzene rings is 1. The number of hydrogen-bond acceptors (Lipinski definition) is 3. The molecule has 14 heavy (non-hydrogen) atoms. The van der Waals surface area contributed by atoms with E-state index in [0.29, 0.717) is 0 Å². The molecule has 0 unspecified atom stereocenters. The van der Waals surface area contributed by atoms with Crippen LogP contribution in [-0.4, -0.2) is 9.97 Å². The van der Waals surface area contributed by atoms with E-state index >= 15 is 0 Å². The van der Waals surface area contributed by atoms with Gasteiger partial charge in [-0.05, 0) is 13.0 Å². The van der Waals surface area contributed by atoms with E-state index in [1.54, 1.807) is 12.4 Å². The minimum Gasteiger partial charge on any atom is -0.258 e. The summed E-state index contributed by atoms with van der Waals surface area (Å²) in [4.78, 5) is 9.43. The molecule has 0 fully saturated rings. The summed E-state index contributed by atoms with van der Waals surface area (Å²) in [6, 6.07) is 7.88. The molecule has 0 aliphatic heterocycles. The fourth-order valence-electron chi connectivity index (χ4n) is 1.35. The Morgan fingerprint density at radius 2 is 1.79 bits per heavy atom. The Kier molecular flexibility index (Phi) is 2.50. The van der Waals surface area contributed by atoms with Gasteiger partial charge in [-0.25, -0.2) is 0 Å². The zero-order valence-corrected chi connectivity index (χ0v) is 8.70. The molecule has 3 heteroatoms. The third-order valence-electron chi connectivity index (χ3n) is 2.04. The summed E-state index contributed by atoms with van der Waals surface area (Å²) in [7, 11) is 0. The van der Waals surface area contributed by atoms with Crippen LogP contribution in [0.15, 0.2) is 41.6 Å². The summed E-state index contributed by atoms with van der Waals surface area (Å²) in [6.45, 7) is 1.95. The van der Waals surface area contributed by atoms with Crippen molar-refractivity contribution in [1.29, 1.82) is 0 Å². The van der Waals surface area contributed by atoms with E-state index < -0.39 is 0 Å². The van der Waals surface area contributed by atoms with Gasteiger partial charge in [0.1, 0.15) is 0 Å². The van der Waals surface area contributed by atoms with Crippen molar-refractivity contribution in [2.45, 2.75) is 11.8 Å². The van der Waals surface area contributed by atoms with Crippen molar-refractivity contribution in [2.75, 3.05) is 0 Å². The largest absolute Gasteiger partial charge is 0.258 e. The molecular formula is C11H10N2S. The third-order valence-corrected chi connectivity index (χ3v) is 2.43. The monoisotopic (exact) mass is 202 g/mol. The summed E-state index contributed by atoms with van der Waals surface area (Å²) in [5, 5.41) is 0. The van der Waals surface area contributed by atoms with E-state index in [-0.39, 0.29) is 0 Å². The van der Waals surface area contributed by atoms with E-state index in [0.717, 1.165) is 21.8 Å². The molecule has 0 N–H and O–H groups in total. The van der Waals surface area contributed by atoms with Crippen LogP contribution < -0.4 is 0 Å². The Morgan fingerprint density at radius 1 is 1.07 bits per heavy atom. The van der Waals surface area contributed by atoms with Crippen molar-refractivity contribution in [3.8, 4) is 11.3 Å². The maximum Gasteiger partial charge on any atom is 0.0925 e. The molecule has 0 atom stereocenters. The van der Waals surface area contributed by atoms with Crippen molar-refractivity contribution in [3.05, 3.63) is 42.4 Å². The average Bonchev–Trinajstić information content (AvgIpc) is 2.20. The second-order valence-corrected chi connectivity index (χ2v) is 3.49. The molecule has 0 amide bonds. The summed E-state index contributed by atoms with van der Waals surface area (Å²) >= 11 is 4.39. The molecule has 0 aliphatic rings. The van der Waals surface area contributed by atoms with Gasteiger partial charge in [-0.1, -0.05) is 18.2 Å². The molecular weight excluding hydrogens is 192 g/mol. The number of rotatable bonds is 1. The van der Waals surface area contributed by atoms with Gasteiger partial charge in [-0.2, -0.15) is 0 Å². The maximum absolute atomic E-state index is 4.39. The summed E-state index contributed by atoms with van der Waals surface area (Å²) in [5.74, 6) is 0. The van der Waals surface area contributed by atoms with Gasteiger partial charge >= 0.3 is 0 Å². The quantitative estimate of drug-likeness (QED) is 0.719. The smallest absolute Gasteiger partial charge is 0.0925 e. The molecule has 70 valence electrons. The lowest BCUT2D eigenvalue weighted by atomic mass is 10.1. The first kappa shape index (κ1) is 9.21. The van der Waals surface area contributed by atoms with Crippen LogP contribution in [0.5, 0.6) is 0 Å². The van der Waals surface area contributed by atoms with Crippen LogP contribution in [0.2, 0.25) is 0 Å². The number of aryl methyl sites for hydroxylation is 1. The highest BCUT2D eigenvalue weighted by Gasteiger charge is 2.05. The van der Waals surface area contributed by atoms with Gasteiger partial charge in [0.05, 0.1) is 11.4 Å². The molecule has 0 bridgehead atoms. The second-order valence-electron chi connectivity index (χ2n) is 3.01. The lowest BCUT2D eigenvalue weighted by molar-refractivity contribution is 1.12. The summed E-state index contributed by atoms with van der Waals surface area (Å²) in [6.07, 6.45) is 3.39. The molecule has 0 saturated heterocycles. The van der Waals surface area contributed by atoms with Crippen molar-refractivity contribution in [1.82, 2.24) is 9.97 Å². The molecule has 0 spiro atoms. The fraction of sp³-hybridized carbons (Fsp3) is 0.0909. The lowest BCUT2D eigenvalue weighted by Crippen LogP contribution is -1.91. The topological polar surface area (TPSA) is 25.8 Å². The molecule has 1 aromatic carbocycles. The van der Waals surface area contributed by atoms with Gasteiger partial charge < -0.3 is 0 Å². The van der Waals surface area contributed by atoms with Crippen LogP contribution >= 0.6 is 12.6 Å². The van der Waals surface area contributed by atoms with Crippen LogP contribution in [0.25, 0.3) is 11.3 Å². The van der Waals surface area contributed by atoms with Crippen LogP contribution in [0.1, 0.15) is 5.69 Å². The van der Waals surface area contributed by atoms with Gasteiger partial charge in [0.2, 0.25) is 0 Å². The van der Waals surface area contributed by atoms with E-state index in [9.17, 15) is 0 Å². The highest BCUT2D eigenvalue weighted by molar-refractivity contribution is 7.80. The predicted octanol–water partition coefficient (Wildman–Crippen LogP) is 2.74.